The summed E-state index contributed by atoms with van der Waals surface area (Å²) in [4.78, 5) is 35.3. The van der Waals surface area contributed by atoms with Crippen molar-refractivity contribution in [3.05, 3.63) is 29.8 Å². The van der Waals surface area contributed by atoms with Gasteiger partial charge in [0.25, 0.3) is 5.91 Å². The van der Waals surface area contributed by atoms with E-state index in [1.807, 2.05) is 0 Å². The van der Waals surface area contributed by atoms with Gasteiger partial charge in [-0.3, -0.25) is 10.1 Å². The Morgan fingerprint density at radius 3 is 2.62 bits per heavy atom. The van der Waals surface area contributed by atoms with Gasteiger partial charge in [-0.2, -0.15) is 0 Å². The lowest BCUT2D eigenvalue weighted by Gasteiger charge is -2.29. The van der Waals surface area contributed by atoms with Gasteiger partial charge in [0.15, 0.2) is 6.61 Å². The normalized spacial score (nSPS) is 20.0. The van der Waals surface area contributed by atoms with Gasteiger partial charge in [-0.25, -0.2) is 9.59 Å². The largest absolute Gasteiger partial charge is 0.507 e. The van der Waals surface area contributed by atoms with E-state index in [0.717, 1.165) is 25.7 Å². The maximum absolute atomic E-state index is 11.8. The van der Waals surface area contributed by atoms with Crippen LogP contribution in [0.2, 0.25) is 0 Å². The fourth-order valence-corrected chi connectivity index (χ4v) is 2.75. The maximum Gasteiger partial charge on any atom is 0.342 e. The van der Waals surface area contributed by atoms with Gasteiger partial charge in [0.1, 0.15) is 11.3 Å². The number of carbonyl (C=O) groups excluding carboxylic acids is 3. The van der Waals surface area contributed by atoms with Crippen molar-refractivity contribution in [3.8, 4) is 5.75 Å². The van der Waals surface area contributed by atoms with Gasteiger partial charge in [-0.15, -0.1) is 0 Å². The van der Waals surface area contributed by atoms with Crippen molar-refractivity contribution in [2.45, 2.75) is 38.6 Å². The molecule has 2 rings (SSSR count). The summed E-state index contributed by atoms with van der Waals surface area (Å²) in [6.07, 6.45) is 4.16. The van der Waals surface area contributed by atoms with Crippen molar-refractivity contribution >= 4 is 17.9 Å². The minimum Gasteiger partial charge on any atom is -0.507 e. The molecule has 0 unspecified atom stereocenters. The number of aromatic hydroxyl groups is 1. The number of phenolic OH excluding ortho intramolecular Hbond substituents is 1. The summed E-state index contributed by atoms with van der Waals surface area (Å²) < 4.78 is 4.79. The predicted molar refractivity (Wildman–Crippen MR) is 86.5 cm³/mol. The molecule has 0 heterocycles. The van der Waals surface area contributed by atoms with Crippen molar-refractivity contribution in [1.82, 2.24) is 10.6 Å². The Kier molecular flexibility index (Phi) is 6.17. The SMILES string of the molecule is C[C@@H]1CCCC[C@@H]1NC(=O)NC(=O)COC(=O)c1ccccc1O. The second kappa shape index (κ2) is 8.33. The number of esters is 1. The number of phenols is 1. The van der Waals surface area contributed by atoms with Gasteiger partial charge in [0.05, 0.1) is 0 Å². The molecule has 1 aliphatic carbocycles. The van der Waals surface area contributed by atoms with E-state index < -0.39 is 24.5 Å². The molecule has 0 aliphatic heterocycles. The van der Waals surface area contributed by atoms with E-state index in [1.54, 1.807) is 12.1 Å². The first-order valence-corrected chi connectivity index (χ1v) is 8.03. The van der Waals surface area contributed by atoms with E-state index in [-0.39, 0.29) is 17.4 Å². The monoisotopic (exact) mass is 334 g/mol. The van der Waals surface area contributed by atoms with Gasteiger partial charge >= 0.3 is 12.0 Å². The van der Waals surface area contributed by atoms with Crippen LogP contribution in [-0.4, -0.2) is 35.7 Å². The molecule has 0 spiro atoms. The number of benzene rings is 1. The zero-order valence-electron chi connectivity index (χ0n) is 13.6. The van der Waals surface area contributed by atoms with Crippen molar-refractivity contribution in [3.63, 3.8) is 0 Å². The molecule has 0 saturated heterocycles. The fraction of sp³-hybridized carbons (Fsp3) is 0.471. The number of carbonyl (C=O) groups is 3. The highest BCUT2D eigenvalue weighted by Crippen LogP contribution is 2.23. The average molecular weight is 334 g/mol. The molecule has 1 saturated carbocycles. The van der Waals surface area contributed by atoms with Gasteiger partial charge in [-0.05, 0) is 30.9 Å². The summed E-state index contributed by atoms with van der Waals surface area (Å²) in [6, 6.07) is 5.32. The molecular formula is C17H22N2O5. The second-order valence-corrected chi connectivity index (χ2v) is 5.98. The predicted octanol–water partition coefficient (Wildman–Crippen LogP) is 1.95. The molecule has 7 heteroatoms. The smallest absolute Gasteiger partial charge is 0.342 e. The molecule has 3 N–H and O–H groups in total. The molecule has 0 bridgehead atoms. The summed E-state index contributed by atoms with van der Waals surface area (Å²) in [5.41, 5.74) is -0.0363. The first kappa shape index (κ1) is 17.8. The highest BCUT2D eigenvalue weighted by atomic mass is 16.5. The molecule has 1 aromatic rings. The summed E-state index contributed by atoms with van der Waals surface area (Å²) in [7, 11) is 0. The molecule has 24 heavy (non-hydrogen) atoms. The number of amides is 3. The van der Waals surface area contributed by atoms with Crippen LogP contribution in [0.3, 0.4) is 0 Å². The maximum atomic E-state index is 11.8. The van der Waals surface area contributed by atoms with Crippen molar-refractivity contribution < 1.29 is 24.2 Å². The summed E-state index contributed by atoms with van der Waals surface area (Å²) in [5.74, 6) is -1.41. The number of para-hydroxylation sites is 1. The van der Waals surface area contributed by atoms with Crippen LogP contribution in [0.5, 0.6) is 5.75 Å². The fourth-order valence-electron chi connectivity index (χ4n) is 2.75. The number of rotatable bonds is 4. The second-order valence-electron chi connectivity index (χ2n) is 5.98. The number of hydrogen-bond acceptors (Lipinski definition) is 5. The Morgan fingerprint density at radius 1 is 1.21 bits per heavy atom. The van der Waals surface area contributed by atoms with E-state index in [9.17, 15) is 19.5 Å². The van der Waals surface area contributed by atoms with Crippen LogP contribution >= 0.6 is 0 Å². The highest BCUT2D eigenvalue weighted by Gasteiger charge is 2.23. The van der Waals surface area contributed by atoms with Crippen LogP contribution in [0.25, 0.3) is 0 Å². The topological polar surface area (TPSA) is 105 Å². The molecule has 7 nitrogen and oxygen atoms in total. The lowest BCUT2D eigenvalue weighted by molar-refractivity contribution is -0.123. The van der Waals surface area contributed by atoms with Crippen LogP contribution in [0, 0.1) is 5.92 Å². The van der Waals surface area contributed by atoms with Crippen LogP contribution < -0.4 is 10.6 Å². The molecule has 1 aromatic carbocycles. The van der Waals surface area contributed by atoms with E-state index in [4.69, 9.17) is 4.74 Å². The lowest BCUT2D eigenvalue weighted by Crippen LogP contribution is -2.48. The highest BCUT2D eigenvalue weighted by molar-refractivity contribution is 5.97. The molecule has 1 aliphatic rings. The van der Waals surface area contributed by atoms with Crippen LogP contribution in [-0.2, 0) is 9.53 Å². The zero-order valence-corrected chi connectivity index (χ0v) is 13.6. The van der Waals surface area contributed by atoms with Gasteiger partial charge in [0.2, 0.25) is 0 Å². The Morgan fingerprint density at radius 2 is 1.92 bits per heavy atom. The lowest BCUT2D eigenvalue weighted by atomic mass is 9.86. The standard InChI is InChI=1S/C17H22N2O5/c1-11-6-2-4-8-13(11)18-17(23)19-15(21)10-24-16(22)12-7-3-5-9-14(12)20/h3,5,7,9,11,13,20H,2,4,6,8,10H2,1H3,(H2,18,19,21,23)/t11-,13+/m1/s1. The molecule has 0 aromatic heterocycles. The van der Waals surface area contributed by atoms with Crippen molar-refractivity contribution in [1.29, 1.82) is 0 Å². The summed E-state index contributed by atoms with van der Waals surface area (Å²) >= 11 is 0. The van der Waals surface area contributed by atoms with E-state index in [2.05, 4.69) is 17.6 Å². The molecule has 3 amide bonds. The van der Waals surface area contributed by atoms with Crippen LogP contribution in [0.4, 0.5) is 4.79 Å². The first-order chi connectivity index (χ1) is 11.5. The van der Waals surface area contributed by atoms with Gasteiger partial charge in [-0.1, -0.05) is 31.9 Å². The molecular weight excluding hydrogens is 312 g/mol. The number of hydrogen-bond donors (Lipinski definition) is 3. The van der Waals surface area contributed by atoms with Gasteiger partial charge < -0.3 is 15.2 Å². The average Bonchev–Trinajstić information content (AvgIpc) is 2.55. The molecule has 130 valence electrons. The number of ether oxygens (including phenoxy) is 1. The van der Waals surface area contributed by atoms with Crippen LogP contribution in [0.15, 0.2) is 24.3 Å². The van der Waals surface area contributed by atoms with Gasteiger partial charge in [0, 0.05) is 6.04 Å². The quantitative estimate of drug-likeness (QED) is 0.730. The van der Waals surface area contributed by atoms with E-state index in [0.29, 0.717) is 5.92 Å². The van der Waals surface area contributed by atoms with Crippen molar-refractivity contribution in [2.75, 3.05) is 6.61 Å². The number of urea groups is 1. The van der Waals surface area contributed by atoms with E-state index in [1.165, 1.54) is 12.1 Å². The molecule has 2 atom stereocenters. The minimum absolute atomic E-state index is 0.0363. The molecule has 1 fully saturated rings. The van der Waals surface area contributed by atoms with Crippen molar-refractivity contribution in [2.24, 2.45) is 5.92 Å². The Labute approximate surface area is 140 Å². The molecule has 0 radical (unpaired) electrons. The summed E-state index contributed by atoms with van der Waals surface area (Å²) in [5, 5.41) is 14.5. The number of nitrogens with one attached hydrogen (secondary N) is 2. The third-order valence-electron chi connectivity index (χ3n) is 4.14. The minimum atomic E-state index is -0.829. The van der Waals surface area contributed by atoms with Crippen LogP contribution in [0.1, 0.15) is 43.0 Å². The first-order valence-electron chi connectivity index (χ1n) is 8.03. The Bertz CT molecular complexity index is 617. The zero-order chi connectivity index (χ0) is 17.5. The van der Waals surface area contributed by atoms with E-state index >= 15 is 0 Å². The third-order valence-corrected chi connectivity index (χ3v) is 4.14. The Balaban J connectivity index is 1.75. The number of imide groups is 1. The third kappa shape index (κ3) is 4.97. The summed E-state index contributed by atoms with van der Waals surface area (Å²) in [6.45, 7) is 1.47. The Hall–Kier alpha value is -2.57.